The fourth-order valence-corrected chi connectivity index (χ4v) is 2.43. The van der Waals surface area contributed by atoms with Gasteiger partial charge in [0.15, 0.2) is 0 Å². The second-order valence-electron chi connectivity index (χ2n) is 4.29. The normalized spacial score (nSPS) is 12.1. The Morgan fingerprint density at radius 2 is 1.72 bits per heavy atom. The van der Waals surface area contributed by atoms with Gasteiger partial charge in [-0.3, -0.25) is 9.97 Å². The number of hydrogen-bond acceptors (Lipinski definition) is 2. The molecule has 2 nitrogen and oxygen atoms in total. The predicted octanol–water partition coefficient (Wildman–Crippen LogP) is 3.94. The summed E-state index contributed by atoms with van der Waals surface area (Å²) in [6.07, 6.45) is 3.55. The van der Waals surface area contributed by atoms with Crippen LogP contribution in [0.5, 0.6) is 0 Å². The first-order chi connectivity index (χ1) is 9.34. The van der Waals surface area contributed by atoms with E-state index in [1.54, 1.807) is 12.3 Å². The number of nitrogens with zero attached hydrogens (tertiary/aromatic N) is 2. The Labute approximate surface area is 105 Å². The van der Waals surface area contributed by atoms with E-state index in [9.17, 15) is 0 Å². The third-order valence-electron chi connectivity index (χ3n) is 3.25. The van der Waals surface area contributed by atoms with Gasteiger partial charge < -0.3 is 0 Å². The molecule has 2 heterocycles. The number of para-hydroxylation sites is 1. The number of pyridine rings is 2. The summed E-state index contributed by atoms with van der Waals surface area (Å²) in [6.45, 7) is 0. The Kier molecular flexibility index (Phi) is 1.67. The summed E-state index contributed by atoms with van der Waals surface area (Å²) < 4.78 is 8.16. The average molecular weight is 231 g/mol. The molecule has 0 atom stereocenters. The molecule has 0 radical (unpaired) electrons. The van der Waals surface area contributed by atoms with E-state index in [0.29, 0.717) is 6.04 Å². The van der Waals surface area contributed by atoms with Gasteiger partial charge in [-0.15, -0.1) is 0 Å². The van der Waals surface area contributed by atoms with Crippen molar-refractivity contribution in [2.75, 3.05) is 0 Å². The number of fused-ring (bicyclic) bond motifs is 5. The SMILES string of the molecule is [2H]c1ccnc2ccc3cnc4ccccc4c3c12. The molecule has 0 bridgehead atoms. The van der Waals surface area contributed by atoms with Gasteiger partial charge in [0.1, 0.15) is 0 Å². The maximum Gasteiger partial charge on any atom is 0.0708 e. The Hall–Kier alpha value is -2.48. The van der Waals surface area contributed by atoms with Crippen molar-refractivity contribution >= 4 is 32.6 Å². The lowest BCUT2D eigenvalue weighted by Gasteiger charge is -2.06. The fourth-order valence-electron chi connectivity index (χ4n) is 2.43. The van der Waals surface area contributed by atoms with E-state index in [4.69, 9.17) is 1.37 Å². The molecule has 0 saturated heterocycles. The van der Waals surface area contributed by atoms with Crippen molar-refractivity contribution in [3.63, 3.8) is 0 Å². The first kappa shape index (κ1) is 8.59. The molecule has 4 rings (SSSR count). The van der Waals surface area contributed by atoms with Crippen LogP contribution in [-0.4, -0.2) is 9.97 Å². The zero-order chi connectivity index (χ0) is 12.8. The molecule has 0 aliphatic rings. The molecule has 0 fully saturated rings. The van der Waals surface area contributed by atoms with Crippen LogP contribution < -0.4 is 0 Å². The first-order valence-electron chi connectivity index (χ1n) is 6.36. The summed E-state index contributed by atoms with van der Waals surface area (Å²) in [5.41, 5.74) is 1.81. The highest BCUT2D eigenvalue weighted by molar-refractivity contribution is 6.18. The summed E-state index contributed by atoms with van der Waals surface area (Å²) in [5, 5.41) is 4.10. The molecule has 0 N–H and O–H groups in total. The zero-order valence-electron chi connectivity index (χ0n) is 10.6. The summed E-state index contributed by atoms with van der Waals surface area (Å²) in [5.74, 6) is 0. The van der Waals surface area contributed by atoms with Gasteiger partial charge in [0.05, 0.1) is 12.4 Å². The second-order valence-corrected chi connectivity index (χ2v) is 4.29. The molecule has 4 aromatic rings. The van der Waals surface area contributed by atoms with Gasteiger partial charge in [-0.05, 0) is 18.2 Å². The topological polar surface area (TPSA) is 25.8 Å². The zero-order valence-corrected chi connectivity index (χ0v) is 9.59. The van der Waals surface area contributed by atoms with Crippen LogP contribution in [0.15, 0.2) is 60.9 Å². The molecular weight excluding hydrogens is 220 g/mol. The van der Waals surface area contributed by atoms with Gasteiger partial charge >= 0.3 is 0 Å². The van der Waals surface area contributed by atoms with Crippen LogP contribution in [0.4, 0.5) is 0 Å². The molecule has 84 valence electrons. The monoisotopic (exact) mass is 231 g/mol. The standard InChI is InChI=1S/C16H10N2/c1-2-6-14-12(4-1)16-11(10-18-14)7-8-15-13(16)5-3-9-17-15/h1-10H/i5D. The van der Waals surface area contributed by atoms with Crippen molar-refractivity contribution in [1.29, 1.82) is 0 Å². The van der Waals surface area contributed by atoms with Crippen LogP contribution in [0.2, 0.25) is 0 Å². The smallest absolute Gasteiger partial charge is 0.0708 e. The molecule has 0 spiro atoms. The molecule has 2 aromatic heterocycles. The maximum atomic E-state index is 8.16. The quantitative estimate of drug-likeness (QED) is 0.428. The maximum absolute atomic E-state index is 8.16. The lowest BCUT2D eigenvalue weighted by molar-refractivity contribution is 1.41. The predicted molar refractivity (Wildman–Crippen MR) is 74.6 cm³/mol. The van der Waals surface area contributed by atoms with Crippen LogP contribution in [0, 0.1) is 0 Å². The van der Waals surface area contributed by atoms with Crippen molar-refractivity contribution in [1.82, 2.24) is 9.97 Å². The molecule has 0 aliphatic carbocycles. The first-order valence-corrected chi connectivity index (χ1v) is 5.86. The van der Waals surface area contributed by atoms with Crippen LogP contribution in [0.1, 0.15) is 1.37 Å². The molecule has 18 heavy (non-hydrogen) atoms. The molecule has 2 aromatic carbocycles. The van der Waals surface area contributed by atoms with Crippen LogP contribution >= 0.6 is 0 Å². The second kappa shape index (κ2) is 3.50. The Morgan fingerprint density at radius 3 is 2.72 bits per heavy atom. The van der Waals surface area contributed by atoms with Gasteiger partial charge in [-0.1, -0.05) is 30.3 Å². The third-order valence-corrected chi connectivity index (χ3v) is 3.25. The van der Waals surface area contributed by atoms with Crippen LogP contribution in [-0.2, 0) is 0 Å². The van der Waals surface area contributed by atoms with Crippen LogP contribution in [0.3, 0.4) is 0 Å². The van der Waals surface area contributed by atoms with Crippen molar-refractivity contribution in [3.8, 4) is 0 Å². The Morgan fingerprint density at radius 1 is 0.833 bits per heavy atom. The summed E-state index contributed by atoms with van der Waals surface area (Å²) in [4.78, 5) is 8.82. The number of benzene rings is 2. The van der Waals surface area contributed by atoms with E-state index in [0.717, 1.165) is 32.6 Å². The number of aromatic nitrogens is 2. The third kappa shape index (κ3) is 1.23. The minimum Gasteiger partial charge on any atom is -0.256 e. The minimum absolute atomic E-state index is 0.506. The van der Waals surface area contributed by atoms with E-state index < -0.39 is 0 Å². The van der Waals surface area contributed by atoms with Gasteiger partial charge in [-0.25, -0.2) is 0 Å². The number of hydrogen-bond donors (Lipinski definition) is 0. The van der Waals surface area contributed by atoms with Gasteiger partial charge in [0.25, 0.3) is 0 Å². The van der Waals surface area contributed by atoms with Crippen molar-refractivity contribution in [3.05, 3.63) is 60.9 Å². The van der Waals surface area contributed by atoms with Crippen molar-refractivity contribution in [2.45, 2.75) is 0 Å². The molecular formula is C16H10N2. The van der Waals surface area contributed by atoms with E-state index in [1.165, 1.54) is 0 Å². The van der Waals surface area contributed by atoms with E-state index >= 15 is 0 Å². The average Bonchev–Trinajstić information content (AvgIpc) is 2.47. The summed E-state index contributed by atoms with van der Waals surface area (Å²) in [7, 11) is 0. The highest BCUT2D eigenvalue weighted by Gasteiger charge is 2.05. The largest absolute Gasteiger partial charge is 0.256 e. The fraction of sp³-hybridized carbons (Fsp3) is 0. The van der Waals surface area contributed by atoms with Gasteiger partial charge in [0, 0.05) is 33.9 Å². The van der Waals surface area contributed by atoms with Crippen molar-refractivity contribution in [2.24, 2.45) is 0 Å². The van der Waals surface area contributed by atoms with Gasteiger partial charge in [-0.2, -0.15) is 0 Å². The molecule has 0 unspecified atom stereocenters. The van der Waals surface area contributed by atoms with E-state index in [2.05, 4.69) is 16.0 Å². The Bertz CT molecular complexity index is 926. The molecule has 0 aliphatic heterocycles. The molecule has 2 heteroatoms. The summed E-state index contributed by atoms with van der Waals surface area (Å²) >= 11 is 0. The van der Waals surface area contributed by atoms with Crippen molar-refractivity contribution < 1.29 is 1.37 Å². The van der Waals surface area contributed by atoms with Crippen LogP contribution in [0.25, 0.3) is 32.6 Å². The van der Waals surface area contributed by atoms with Gasteiger partial charge in [0.2, 0.25) is 0 Å². The minimum atomic E-state index is 0.506. The molecule has 0 amide bonds. The lowest BCUT2D eigenvalue weighted by Crippen LogP contribution is -1.85. The lowest BCUT2D eigenvalue weighted by atomic mass is 10.0. The molecule has 0 saturated carbocycles. The summed E-state index contributed by atoms with van der Waals surface area (Å²) in [6, 6.07) is 14.2. The van der Waals surface area contributed by atoms with E-state index in [-0.39, 0.29) is 0 Å². The highest BCUT2D eigenvalue weighted by atomic mass is 14.7. The number of rotatable bonds is 0. The van der Waals surface area contributed by atoms with E-state index in [1.807, 2.05) is 36.5 Å². The Balaban J connectivity index is 2.40. The highest BCUT2D eigenvalue weighted by Crippen LogP contribution is 2.29.